The van der Waals surface area contributed by atoms with E-state index in [0.29, 0.717) is 41.9 Å². The number of hydrogen-bond acceptors (Lipinski definition) is 7. The zero-order valence-corrected chi connectivity index (χ0v) is 17.1. The van der Waals surface area contributed by atoms with Crippen LogP contribution in [0.15, 0.2) is 47.0 Å². The van der Waals surface area contributed by atoms with Crippen LogP contribution in [0.1, 0.15) is 30.2 Å². The Bertz CT molecular complexity index is 1010. The van der Waals surface area contributed by atoms with E-state index < -0.39 is 0 Å². The molecule has 0 saturated carbocycles. The smallest absolute Gasteiger partial charge is 0.266 e. The van der Waals surface area contributed by atoms with Gasteiger partial charge < -0.3 is 18.8 Å². The van der Waals surface area contributed by atoms with Crippen LogP contribution in [0.4, 0.5) is 0 Å². The lowest BCUT2D eigenvalue weighted by atomic mass is 9.97. The molecule has 0 unspecified atom stereocenters. The number of piperidine rings is 1. The number of carbonyl (C=O) groups is 1. The summed E-state index contributed by atoms with van der Waals surface area (Å²) in [5.74, 6) is 2.31. The van der Waals surface area contributed by atoms with Crippen molar-refractivity contribution in [3.63, 3.8) is 0 Å². The van der Waals surface area contributed by atoms with Crippen LogP contribution in [0.25, 0.3) is 11.6 Å². The Hall–Kier alpha value is -3.42. The molecule has 1 saturated heterocycles. The first kappa shape index (κ1) is 19.9. The van der Waals surface area contributed by atoms with E-state index in [1.54, 1.807) is 20.4 Å². The van der Waals surface area contributed by atoms with Gasteiger partial charge >= 0.3 is 0 Å². The van der Waals surface area contributed by atoms with Gasteiger partial charge in [0.05, 0.1) is 26.6 Å². The van der Waals surface area contributed by atoms with E-state index in [-0.39, 0.29) is 11.8 Å². The summed E-state index contributed by atoms with van der Waals surface area (Å²) in [4.78, 5) is 19.0. The Morgan fingerprint density at radius 3 is 2.80 bits per heavy atom. The molecular formula is C22H24N4O4. The number of likely N-dealkylation sites (tertiary alicyclic amines) is 1. The molecule has 1 aliphatic rings. The minimum absolute atomic E-state index is 0.0260. The molecule has 1 aromatic carbocycles. The Labute approximate surface area is 174 Å². The van der Waals surface area contributed by atoms with Gasteiger partial charge in [0.1, 0.15) is 5.69 Å². The number of carbonyl (C=O) groups excluding carboxylic acids is 1. The topological polar surface area (TPSA) is 90.6 Å². The molecule has 1 aliphatic heterocycles. The maximum atomic E-state index is 12.9. The average Bonchev–Trinajstić information content (AvgIpc) is 3.30. The second-order valence-electron chi connectivity index (χ2n) is 7.21. The first-order chi connectivity index (χ1) is 14.7. The van der Waals surface area contributed by atoms with E-state index in [9.17, 15) is 4.79 Å². The zero-order valence-electron chi connectivity index (χ0n) is 17.1. The van der Waals surface area contributed by atoms with E-state index in [1.165, 1.54) is 0 Å². The zero-order chi connectivity index (χ0) is 20.9. The third-order valence-electron chi connectivity index (χ3n) is 5.25. The number of rotatable bonds is 6. The molecule has 156 valence electrons. The number of ether oxygens (including phenoxy) is 2. The maximum absolute atomic E-state index is 12.9. The summed E-state index contributed by atoms with van der Waals surface area (Å²) in [5, 5.41) is 8.34. The van der Waals surface area contributed by atoms with Gasteiger partial charge in [0.15, 0.2) is 11.5 Å². The summed E-state index contributed by atoms with van der Waals surface area (Å²) in [6, 6.07) is 11.1. The van der Waals surface area contributed by atoms with Crippen LogP contribution in [-0.2, 0) is 11.2 Å². The van der Waals surface area contributed by atoms with Gasteiger partial charge in [-0.3, -0.25) is 9.78 Å². The van der Waals surface area contributed by atoms with Crippen LogP contribution in [0.2, 0.25) is 0 Å². The molecule has 0 spiro atoms. The van der Waals surface area contributed by atoms with Crippen molar-refractivity contribution in [3.05, 3.63) is 54.0 Å². The normalized spacial score (nSPS) is 16.3. The molecule has 2 aromatic heterocycles. The molecule has 30 heavy (non-hydrogen) atoms. The molecule has 8 heteroatoms. The summed E-state index contributed by atoms with van der Waals surface area (Å²) < 4.78 is 16.5. The fourth-order valence-corrected chi connectivity index (χ4v) is 3.67. The second kappa shape index (κ2) is 8.94. The fourth-order valence-electron chi connectivity index (χ4n) is 3.67. The Balaban J connectivity index is 1.43. The fraction of sp³-hybridized carbons (Fsp3) is 0.364. The largest absolute Gasteiger partial charge is 0.493 e. The molecule has 0 bridgehead atoms. The second-order valence-corrected chi connectivity index (χ2v) is 7.21. The van der Waals surface area contributed by atoms with Crippen LogP contribution in [0, 0.1) is 0 Å². The summed E-state index contributed by atoms with van der Waals surface area (Å²) in [7, 11) is 3.18. The van der Waals surface area contributed by atoms with Crippen molar-refractivity contribution in [2.75, 3.05) is 27.3 Å². The van der Waals surface area contributed by atoms with Crippen molar-refractivity contribution in [2.45, 2.75) is 25.2 Å². The SMILES string of the molecule is COc1ccc(CC(=O)N2CCC[C@@H](c3nnc(-c4ccccn4)o3)C2)cc1OC. The van der Waals surface area contributed by atoms with Crippen molar-refractivity contribution >= 4 is 5.91 Å². The lowest BCUT2D eigenvalue weighted by molar-refractivity contribution is -0.131. The third kappa shape index (κ3) is 4.27. The number of nitrogens with zero attached hydrogens (tertiary/aromatic N) is 4. The van der Waals surface area contributed by atoms with E-state index >= 15 is 0 Å². The summed E-state index contributed by atoms with van der Waals surface area (Å²) >= 11 is 0. The first-order valence-corrected chi connectivity index (χ1v) is 9.91. The minimum atomic E-state index is 0.0260. The van der Waals surface area contributed by atoms with Gasteiger partial charge in [0.2, 0.25) is 11.8 Å². The molecule has 0 N–H and O–H groups in total. The Morgan fingerprint density at radius 2 is 2.03 bits per heavy atom. The van der Waals surface area contributed by atoms with E-state index in [1.807, 2.05) is 41.3 Å². The van der Waals surface area contributed by atoms with Crippen molar-refractivity contribution < 1.29 is 18.7 Å². The first-order valence-electron chi connectivity index (χ1n) is 9.91. The molecule has 8 nitrogen and oxygen atoms in total. The monoisotopic (exact) mass is 408 g/mol. The van der Waals surface area contributed by atoms with Crippen LogP contribution in [-0.4, -0.2) is 53.3 Å². The molecule has 1 amide bonds. The molecule has 0 aliphatic carbocycles. The van der Waals surface area contributed by atoms with Crippen LogP contribution >= 0.6 is 0 Å². The number of aromatic nitrogens is 3. The minimum Gasteiger partial charge on any atom is -0.493 e. The third-order valence-corrected chi connectivity index (χ3v) is 5.25. The molecule has 1 atom stereocenters. The predicted octanol–water partition coefficient (Wildman–Crippen LogP) is 3.10. The molecule has 3 aromatic rings. The average molecular weight is 408 g/mol. The van der Waals surface area contributed by atoms with Gasteiger partial charge in [0, 0.05) is 19.3 Å². The van der Waals surface area contributed by atoms with E-state index in [0.717, 1.165) is 24.9 Å². The van der Waals surface area contributed by atoms with Gasteiger partial charge in [0.25, 0.3) is 5.89 Å². The number of hydrogen-bond donors (Lipinski definition) is 0. The molecular weight excluding hydrogens is 384 g/mol. The number of methoxy groups -OCH3 is 2. The lowest BCUT2D eigenvalue weighted by Crippen LogP contribution is -2.40. The highest BCUT2D eigenvalue weighted by Crippen LogP contribution is 2.30. The van der Waals surface area contributed by atoms with Crippen LogP contribution < -0.4 is 9.47 Å². The van der Waals surface area contributed by atoms with Gasteiger partial charge in [-0.2, -0.15) is 0 Å². The van der Waals surface area contributed by atoms with Gasteiger partial charge in [-0.1, -0.05) is 12.1 Å². The summed E-state index contributed by atoms with van der Waals surface area (Å²) in [6.45, 7) is 1.29. The standard InChI is InChI=1S/C22H24N4O4/c1-28-18-9-8-15(12-19(18)29-2)13-20(27)26-11-5-6-16(14-26)21-24-25-22(30-21)17-7-3-4-10-23-17/h3-4,7-10,12,16H,5-6,11,13-14H2,1-2H3/t16-/m1/s1. The molecule has 3 heterocycles. The molecule has 4 rings (SSSR count). The number of amides is 1. The molecule has 0 radical (unpaired) electrons. The van der Waals surface area contributed by atoms with Crippen LogP contribution in [0.5, 0.6) is 11.5 Å². The Morgan fingerprint density at radius 1 is 1.17 bits per heavy atom. The quantitative estimate of drug-likeness (QED) is 0.619. The number of benzene rings is 1. The van der Waals surface area contributed by atoms with Gasteiger partial charge in [-0.25, -0.2) is 0 Å². The lowest BCUT2D eigenvalue weighted by Gasteiger charge is -2.31. The summed E-state index contributed by atoms with van der Waals surface area (Å²) in [5.41, 5.74) is 1.53. The highest BCUT2D eigenvalue weighted by Gasteiger charge is 2.28. The van der Waals surface area contributed by atoms with E-state index in [4.69, 9.17) is 13.9 Å². The predicted molar refractivity (Wildman–Crippen MR) is 109 cm³/mol. The molecule has 1 fully saturated rings. The summed E-state index contributed by atoms with van der Waals surface area (Å²) in [6.07, 6.45) is 3.79. The van der Waals surface area contributed by atoms with Gasteiger partial charge in [-0.05, 0) is 42.7 Å². The van der Waals surface area contributed by atoms with E-state index in [2.05, 4.69) is 15.2 Å². The van der Waals surface area contributed by atoms with Crippen molar-refractivity contribution in [1.82, 2.24) is 20.1 Å². The van der Waals surface area contributed by atoms with Crippen molar-refractivity contribution in [1.29, 1.82) is 0 Å². The van der Waals surface area contributed by atoms with Crippen molar-refractivity contribution in [2.24, 2.45) is 0 Å². The number of pyridine rings is 1. The highest BCUT2D eigenvalue weighted by atomic mass is 16.5. The maximum Gasteiger partial charge on any atom is 0.266 e. The van der Waals surface area contributed by atoms with Crippen LogP contribution in [0.3, 0.4) is 0 Å². The Kier molecular flexibility index (Phi) is 5.92. The van der Waals surface area contributed by atoms with Crippen molar-refractivity contribution in [3.8, 4) is 23.1 Å². The van der Waals surface area contributed by atoms with Gasteiger partial charge in [-0.15, -0.1) is 10.2 Å². The highest BCUT2D eigenvalue weighted by molar-refractivity contribution is 5.79.